The predicted octanol–water partition coefficient (Wildman–Crippen LogP) is 1.32. The Labute approximate surface area is 152 Å². The Morgan fingerprint density at radius 3 is 2.96 bits per heavy atom. The van der Waals surface area contributed by atoms with Gasteiger partial charge in [0.05, 0.1) is 19.0 Å². The number of hydrogen-bond donors (Lipinski definition) is 3. The van der Waals surface area contributed by atoms with Gasteiger partial charge in [0.1, 0.15) is 5.82 Å². The van der Waals surface area contributed by atoms with Gasteiger partial charge in [-0.25, -0.2) is 4.98 Å². The normalized spacial score (nSPS) is 20.7. The second kappa shape index (κ2) is 7.05. The summed E-state index contributed by atoms with van der Waals surface area (Å²) in [6.07, 6.45) is 9.98. The van der Waals surface area contributed by atoms with Gasteiger partial charge in [-0.05, 0) is 19.3 Å². The highest BCUT2D eigenvalue weighted by atomic mass is 16.3. The monoisotopic (exact) mass is 355 g/mol. The molecule has 0 bridgehead atoms. The average Bonchev–Trinajstić information content (AvgIpc) is 3.26. The zero-order valence-electron chi connectivity index (χ0n) is 15.0. The minimum atomic E-state index is 0.169. The van der Waals surface area contributed by atoms with Crippen LogP contribution in [-0.2, 0) is 7.05 Å². The molecule has 3 aromatic rings. The summed E-state index contributed by atoms with van der Waals surface area (Å²) in [4.78, 5) is 4.93. The van der Waals surface area contributed by atoms with Gasteiger partial charge in [0, 0.05) is 54.6 Å². The van der Waals surface area contributed by atoms with E-state index in [4.69, 9.17) is 15.8 Å². The van der Waals surface area contributed by atoms with Gasteiger partial charge in [0.25, 0.3) is 0 Å². The van der Waals surface area contributed by atoms with Gasteiger partial charge >= 0.3 is 0 Å². The summed E-state index contributed by atoms with van der Waals surface area (Å²) in [5.41, 5.74) is 9.99. The van der Waals surface area contributed by atoms with Crippen molar-refractivity contribution >= 4 is 11.5 Å². The van der Waals surface area contributed by atoms with Crippen LogP contribution in [0.1, 0.15) is 37.3 Å². The molecule has 4 N–H and O–H groups in total. The number of nitrogens with two attached hydrogens (primary N) is 1. The maximum atomic E-state index is 9.04. The number of aliphatic hydroxyl groups is 1. The van der Waals surface area contributed by atoms with Gasteiger partial charge in [0.15, 0.2) is 5.65 Å². The largest absolute Gasteiger partial charge is 0.395 e. The van der Waals surface area contributed by atoms with Crippen LogP contribution in [0, 0.1) is 0 Å². The van der Waals surface area contributed by atoms with Gasteiger partial charge in [-0.3, -0.25) is 4.68 Å². The van der Waals surface area contributed by atoms with Crippen molar-refractivity contribution < 1.29 is 5.11 Å². The van der Waals surface area contributed by atoms with Crippen molar-refractivity contribution in [2.24, 2.45) is 7.05 Å². The minimum Gasteiger partial charge on any atom is -0.395 e. The van der Waals surface area contributed by atoms with Crippen molar-refractivity contribution in [2.45, 2.75) is 37.6 Å². The van der Waals surface area contributed by atoms with E-state index in [1.807, 2.05) is 25.5 Å². The summed E-state index contributed by atoms with van der Waals surface area (Å²) in [6, 6.07) is 2.37. The first-order chi connectivity index (χ1) is 12.7. The molecule has 2 atom stereocenters. The molecule has 138 valence electrons. The summed E-state index contributed by atoms with van der Waals surface area (Å²) in [5.74, 6) is 0.967. The number of aryl methyl sites for hydroxylation is 1. The lowest BCUT2D eigenvalue weighted by Gasteiger charge is -2.29. The standard InChI is InChI=1S/C18H25N7O/c1-24-11-13(9-21-24)15-10-22-25-17(19)8-16(23-18(15)25)12-3-2-4-14(7-12)20-5-6-26/h8-12,14,20,26H,2-7,19H2,1H3. The van der Waals surface area contributed by atoms with Crippen molar-refractivity contribution in [1.29, 1.82) is 0 Å². The zero-order chi connectivity index (χ0) is 18.1. The van der Waals surface area contributed by atoms with Crippen molar-refractivity contribution in [2.75, 3.05) is 18.9 Å². The highest BCUT2D eigenvalue weighted by Gasteiger charge is 2.25. The molecule has 0 radical (unpaired) electrons. The Balaban J connectivity index is 1.67. The number of nitrogen functional groups attached to an aromatic ring is 1. The maximum Gasteiger partial charge on any atom is 0.165 e. The maximum absolute atomic E-state index is 9.04. The fourth-order valence-corrected chi connectivity index (χ4v) is 3.89. The third kappa shape index (κ3) is 3.17. The molecule has 2 unspecified atom stereocenters. The molecule has 4 rings (SSSR count). The SMILES string of the molecule is Cn1cc(-c2cnn3c(N)cc(C4CCCC(NCCO)C4)nc23)cn1. The van der Waals surface area contributed by atoms with Crippen LogP contribution < -0.4 is 11.1 Å². The second-order valence-electron chi connectivity index (χ2n) is 7.04. The third-order valence-electron chi connectivity index (χ3n) is 5.17. The third-order valence-corrected chi connectivity index (χ3v) is 5.17. The van der Waals surface area contributed by atoms with E-state index in [1.54, 1.807) is 15.4 Å². The molecule has 0 saturated heterocycles. The van der Waals surface area contributed by atoms with E-state index in [9.17, 15) is 0 Å². The molecule has 0 spiro atoms. The van der Waals surface area contributed by atoms with E-state index < -0.39 is 0 Å². The molecule has 0 aromatic carbocycles. The summed E-state index contributed by atoms with van der Waals surface area (Å²) >= 11 is 0. The van der Waals surface area contributed by atoms with Crippen LogP contribution in [0.15, 0.2) is 24.7 Å². The molecular weight excluding hydrogens is 330 g/mol. The number of aromatic nitrogens is 5. The number of rotatable bonds is 5. The summed E-state index contributed by atoms with van der Waals surface area (Å²) in [7, 11) is 1.89. The van der Waals surface area contributed by atoms with Crippen LogP contribution in [0.4, 0.5) is 5.82 Å². The van der Waals surface area contributed by atoms with Crippen molar-refractivity contribution in [3.8, 4) is 11.1 Å². The Kier molecular flexibility index (Phi) is 4.60. The lowest BCUT2D eigenvalue weighted by atomic mass is 9.83. The van der Waals surface area contributed by atoms with Gasteiger partial charge in [0.2, 0.25) is 0 Å². The van der Waals surface area contributed by atoms with E-state index in [1.165, 1.54) is 0 Å². The molecular formula is C18H25N7O. The lowest BCUT2D eigenvalue weighted by molar-refractivity contribution is 0.265. The molecule has 0 aliphatic heterocycles. The van der Waals surface area contributed by atoms with Gasteiger partial charge in [-0.15, -0.1) is 0 Å². The number of nitrogens with one attached hydrogen (secondary N) is 1. The molecule has 1 aliphatic rings. The number of fused-ring (bicyclic) bond motifs is 1. The van der Waals surface area contributed by atoms with E-state index in [2.05, 4.69) is 15.5 Å². The first kappa shape index (κ1) is 17.0. The van der Waals surface area contributed by atoms with Crippen molar-refractivity contribution in [1.82, 2.24) is 29.7 Å². The van der Waals surface area contributed by atoms with Crippen LogP contribution in [0.5, 0.6) is 0 Å². The molecule has 1 aliphatic carbocycles. The smallest absolute Gasteiger partial charge is 0.165 e. The van der Waals surface area contributed by atoms with E-state index in [0.29, 0.717) is 24.3 Å². The molecule has 1 fully saturated rings. The Hall–Kier alpha value is -2.45. The minimum absolute atomic E-state index is 0.169. The van der Waals surface area contributed by atoms with Crippen molar-refractivity contribution in [3.05, 3.63) is 30.4 Å². The molecule has 3 heterocycles. The van der Waals surface area contributed by atoms with Gasteiger partial charge < -0.3 is 16.2 Å². The lowest BCUT2D eigenvalue weighted by Crippen LogP contribution is -2.35. The summed E-state index contributed by atoms with van der Waals surface area (Å²) < 4.78 is 3.46. The summed E-state index contributed by atoms with van der Waals surface area (Å²) in [6.45, 7) is 0.808. The van der Waals surface area contributed by atoms with Crippen LogP contribution >= 0.6 is 0 Å². The topological polar surface area (TPSA) is 106 Å². The molecule has 1 saturated carbocycles. The fraction of sp³-hybridized carbons (Fsp3) is 0.500. The van der Waals surface area contributed by atoms with E-state index in [0.717, 1.165) is 48.2 Å². The highest BCUT2D eigenvalue weighted by molar-refractivity contribution is 5.77. The number of nitrogens with zero attached hydrogens (tertiary/aromatic N) is 5. The van der Waals surface area contributed by atoms with Gasteiger partial charge in [-0.1, -0.05) is 6.42 Å². The molecule has 8 nitrogen and oxygen atoms in total. The van der Waals surface area contributed by atoms with Crippen LogP contribution in [0.25, 0.3) is 16.8 Å². The quantitative estimate of drug-likeness (QED) is 0.637. The van der Waals surface area contributed by atoms with Gasteiger partial charge in [-0.2, -0.15) is 14.7 Å². The summed E-state index contributed by atoms with van der Waals surface area (Å²) in [5, 5.41) is 21.1. The average molecular weight is 355 g/mol. The predicted molar refractivity (Wildman–Crippen MR) is 99.7 cm³/mol. The second-order valence-corrected chi connectivity index (χ2v) is 7.04. The fourth-order valence-electron chi connectivity index (χ4n) is 3.89. The van der Waals surface area contributed by atoms with Crippen LogP contribution in [-0.4, -0.2) is 48.7 Å². The highest BCUT2D eigenvalue weighted by Crippen LogP contribution is 2.34. The zero-order valence-corrected chi connectivity index (χ0v) is 15.0. The first-order valence-corrected chi connectivity index (χ1v) is 9.13. The molecule has 26 heavy (non-hydrogen) atoms. The Bertz CT molecular complexity index is 900. The van der Waals surface area contributed by atoms with Crippen LogP contribution in [0.2, 0.25) is 0 Å². The van der Waals surface area contributed by atoms with E-state index in [-0.39, 0.29) is 6.61 Å². The molecule has 8 heteroatoms. The number of hydrogen-bond acceptors (Lipinski definition) is 6. The Morgan fingerprint density at radius 2 is 2.19 bits per heavy atom. The number of aliphatic hydroxyl groups excluding tert-OH is 1. The Morgan fingerprint density at radius 1 is 1.31 bits per heavy atom. The first-order valence-electron chi connectivity index (χ1n) is 9.13. The van der Waals surface area contributed by atoms with Crippen molar-refractivity contribution in [3.63, 3.8) is 0 Å². The molecule has 0 amide bonds. The molecule has 3 aromatic heterocycles. The van der Waals surface area contributed by atoms with E-state index >= 15 is 0 Å². The van der Waals surface area contributed by atoms with Crippen LogP contribution in [0.3, 0.4) is 0 Å². The number of anilines is 1.